The molecular formula is C36H49N3O3. The van der Waals surface area contributed by atoms with Crippen LogP contribution in [-0.4, -0.2) is 41.1 Å². The highest BCUT2D eigenvalue weighted by molar-refractivity contribution is 5.95. The first kappa shape index (κ1) is 30.3. The molecule has 2 fully saturated rings. The van der Waals surface area contributed by atoms with Crippen molar-refractivity contribution in [3.05, 3.63) is 66.0 Å². The van der Waals surface area contributed by atoms with Crippen molar-refractivity contribution in [3.63, 3.8) is 0 Å². The van der Waals surface area contributed by atoms with Crippen LogP contribution >= 0.6 is 0 Å². The Kier molecular flexibility index (Phi) is 10.0. The van der Waals surface area contributed by atoms with E-state index in [1.54, 1.807) is 7.11 Å². The number of carbonyl (C=O) groups is 1. The van der Waals surface area contributed by atoms with Crippen molar-refractivity contribution in [1.29, 1.82) is 0 Å². The van der Waals surface area contributed by atoms with Gasteiger partial charge in [-0.3, -0.25) is 9.48 Å². The number of hydrogen-bond donors (Lipinski definition) is 1. The number of methoxy groups -OCH3 is 1. The molecule has 0 spiro atoms. The predicted octanol–water partition coefficient (Wildman–Crippen LogP) is 7.94. The average Bonchev–Trinajstić information content (AvgIpc) is 3.52. The van der Waals surface area contributed by atoms with Gasteiger partial charge < -0.3 is 14.7 Å². The van der Waals surface area contributed by atoms with Gasteiger partial charge >= 0.3 is 0 Å². The molecule has 0 radical (unpaired) electrons. The quantitative estimate of drug-likeness (QED) is 0.268. The number of rotatable bonds is 10. The van der Waals surface area contributed by atoms with Gasteiger partial charge in [0.05, 0.1) is 13.3 Å². The number of aromatic nitrogens is 2. The van der Waals surface area contributed by atoms with Gasteiger partial charge in [-0.15, -0.1) is 0 Å². The first-order valence-corrected chi connectivity index (χ1v) is 16.1. The van der Waals surface area contributed by atoms with Crippen LogP contribution in [0.15, 0.2) is 54.9 Å². The number of aryl methyl sites for hydroxylation is 1. The number of nitrogens with zero attached hydrogens (tertiary/aromatic N) is 3. The summed E-state index contributed by atoms with van der Waals surface area (Å²) in [6, 6.07) is 15.4. The summed E-state index contributed by atoms with van der Waals surface area (Å²) in [6.07, 6.45) is 13.3. The molecule has 0 aliphatic heterocycles. The molecule has 2 aliphatic rings. The summed E-state index contributed by atoms with van der Waals surface area (Å²) in [5.41, 5.74) is 5.79. The third-order valence-corrected chi connectivity index (χ3v) is 9.80. The standard InChI is InChI=1S/C36H49N3O3/c1-25(2)39-24-33(22-37-39)31-6-5-7-34(21-31)38(36(41)30-14-8-27(9-15-30)18-19-40)23-28-10-12-29(13-11-28)32-16-17-35(42-4)26(3)20-32/h5-7,16-17,20-22,24-25,27-30,40H,8-15,18-19,23H2,1-4H3/t27-,28-,29-,30-. The van der Waals surface area contributed by atoms with E-state index < -0.39 is 0 Å². The minimum absolute atomic E-state index is 0.0610. The van der Waals surface area contributed by atoms with E-state index in [4.69, 9.17) is 4.74 Å². The number of benzene rings is 2. The lowest BCUT2D eigenvalue weighted by atomic mass is 9.77. The van der Waals surface area contributed by atoms with Crippen molar-refractivity contribution >= 4 is 11.6 Å². The van der Waals surface area contributed by atoms with Crippen LogP contribution in [0.2, 0.25) is 0 Å². The maximum Gasteiger partial charge on any atom is 0.230 e. The van der Waals surface area contributed by atoms with E-state index >= 15 is 0 Å². The van der Waals surface area contributed by atoms with E-state index in [0.717, 1.165) is 86.9 Å². The molecule has 0 bridgehead atoms. The Hall–Kier alpha value is -3.12. The lowest BCUT2D eigenvalue weighted by Gasteiger charge is -2.36. The Balaban J connectivity index is 1.33. The summed E-state index contributed by atoms with van der Waals surface area (Å²) < 4.78 is 7.46. The van der Waals surface area contributed by atoms with Crippen molar-refractivity contribution in [2.45, 2.75) is 90.5 Å². The van der Waals surface area contributed by atoms with Gasteiger partial charge in [-0.1, -0.05) is 24.3 Å². The smallest absolute Gasteiger partial charge is 0.230 e. The molecule has 6 nitrogen and oxygen atoms in total. The number of aliphatic hydroxyl groups excluding tert-OH is 1. The SMILES string of the molecule is COc1ccc([C@H]2CC[C@H](CN(c3cccc(-c4cnn(C(C)C)c4)c3)C(=O)[C@H]3CC[C@H](CCO)CC3)CC2)cc1C. The number of carbonyl (C=O) groups excluding carboxylic acids is 1. The Labute approximate surface area is 252 Å². The van der Waals surface area contributed by atoms with Crippen molar-refractivity contribution in [3.8, 4) is 16.9 Å². The second-order valence-electron chi connectivity index (χ2n) is 13.0. The van der Waals surface area contributed by atoms with Gasteiger partial charge in [0.2, 0.25) is 5.91 Å². The van der Waals surface area contributed by atoms with Gasteiger partial charge in [-0.2, -0.15) is 5.10 Å². The minimum Gasteiger partial charge on any atom is -0.496 e. The van der Waals surface area contributed by atoms with Crippen molar-refractivity contribution in [1.82, 2.24) is 9.78 Å². The molecule has 1 aromatic heterocycles. The van der Waals surface area contributed by atoms with E-state index in [1.165, 1.54) is 11.1 Å². The second-order valence-corrected chi connectivity index (χ2v) is 13.0. The summed E-state index contributed by atoms with van der Waals surface area (Å²) >= 11 is 0. The van der Waals surface area contributed by atoms with Gasteiger partial charge in [-0.05, 0) is 131 Å². The third-order valence-electron chi connectivity index (χ3n) is 9.80. The molecule has 6 heteroatoms. The fourth-order valence-corrected chi connectivity index (χ4v) is 7.14. The van der Waals surface area contributed by atoms with E-state index in [9.17, 15) is 9.90 Å². The number of ether oxygens (including phenoxy) is 1. The average molecular weight is 572 g/mol. The number of anilines is 1. The van der Waals surface area contributed by atoms with Crippen LogP contribution in [0.25, 0.3) is 11.1 Å². The molecular weight excluding hydrogens is 522 g/mol. The Morgan fingerprint density at radius 2 is 1.74 bits per heavy atom. The van der Waals surface area contributed by atoms with E-state index in [2.05, 4.69) is 79.4 Å². The molecule has 226 valence electrons. The van der Waals surface area contributed by atoms with E-state index in [0.29, 0.717) is 23.8 Å². The molecule has 42 heavy (non-hydrogen) atoms. The zero-order valence-electron chi connectivity index (χ0n) is 26.0. The second kappa shape index (κ2) is 13.9. The van der Waals surface area contributed by atoms with Gasteiger partial charge in [0.1, 0.15) is 5.75 Å². The first-order chi connectivity index (χ1) is 20.4. The highest BCUT2D eigenvalue weighted by atomic mass is 16.5. The van der Waals surface area contributed by atoms with Gasteiger partial charge in [-0.25, -0.2) is 0 Å². The van der Waals surface area contributed by atoms with Crippen LogP contribution in [-0.2, 0) is 4.79 Å². The van der Waals surface area contributed by atoms with Gasteiger partial charge in [0.15, 0.2) is 0 Å². The van der Waals surface area contributed by atoms with Crippen LogP contribution in [0.3, 0.4) is 0 Å². The summed E-state index contributed by atoms with van der Waals surface area (Å²) in [7, 11) is 1.73. The molecule has 2 aliphatic carbocycles. The van der Waals surface area contributed by atoms with E-state index in [-0.39, 0.29) is 18.4 Å². The fourth-order valence-electron chi connectivity index (χ4n) is 7.14. The molecule has 1 amide bonds. The first-order valence-electron chi connectivity index (χ1n) is 16.1. The summed E-state index contributed by atoms with van der Waals surface area (Å²) in [5, 5.41) is 14.0. The topological polar surface area (TPSA) is 67.6 Å². The number of amides is 1. The molecule has 0 unspecified atom stereocenters. The number of aliphatic hydroxyl groups is 1. The zero-order chi connectivity index (χ0) is 29.6. The lowest BCUT2D eigenvalue weighted by Crippen LogP contribution is -2.41. The monoisotopic (exact) mass is 571 g/mol. The van der Waals surface area contributed by atoms with Crippen LogP contribution in [0.4, 0.5) is 5.69 Å². The highest BCUT2D eigenvalue weighted by Crippen LogP contribution is 2.39. The number of hydrogen-bond acceptors (Lipinski definition) is 4. The maximum absolute atomic E-state index is 14.2. The molecule has 1 heterocycles. The highest BCUT2D eigenvalue weighted by Gasteiger charge is 2.32. The molecule has 3 aromatic rings. The van der Waals surface area contributed by atoms with Crippen LogP contribution < -0.4 is 9.64 Å². The maximum atomic E-state index is 14.2. The summed E-state index contributed by atoms with van der Waals surface area (Å²) in [6.45, 7) is 7.41. The molecule has 2 aromatic carbocycles. The molecule has 2 saturated carbocycles. The predicted molar refractivity (Wildman–Crippen MR) is 170 cm³/mol. The largest absolute Gasteiger partial charge is 0.496 e. The van der Waals surface area contributed by atoms with Crippen molar-refractivity contribution in [2.75, 3.05) is 25.2 Å². The molecule has 0 atom stereocenters. The molecule has 0 saturated heterocycles. The van der Waals surface area contributed by atoms with Crippen molar-refractivity contribution < 1.29 is 14.6 Å². The normalized spacial score (nSPS) is 22.7. The van der Waals surface area contributed by atoms with Crippen LogP contribution in [0.5, 0.6) is 5.75 Å². The molecule has 5 rings (SSSR count). The minimum atomic E-state index is 0.0610. The van der Waals surface area contributed by atoms with Crippen LogP contribution in [0.1, 0.15) is 94.7 Å². The van der Waals surface area contributed by atoms with Crippen LogP contribution in [0, 0.1) is 24.7 Å². The lowest BCUT2D eigenvalue weighted by molar-refractivity contribution is -0.123. The summed E-state index contributed by atoms with van der Waals surface area (Å²) in [4.78, 5) is 16.3. The molecule has 1 N–H and O–H groups in total. The Morgan fingerprint density at radius 1 is 1.00 bits per heavy atom. The summed E-state index contributed by atoms with van der Waals surface area (Å²) in [5.74, 6) is 2.89. The third kappa shape index (κ3) is 7.08. The van der Waals surface area contributed by atoms with E-state index in [1.807, 2.05) is 10.9 Å². The fraction of sp³-hybridized carbons (Fsp3) is 0.556. The van der Waals surface area contributed by atoms with Crippen molar-refractivity contribution in [2.24, 2.45) is 17.8 Å². The Morgan fingerprint density at radius 3 is 2.38 bits per heavy atom. The Bertz CT molecular complexity index is 1320. The van der Waals surface area contributed by atoms with Gasteiger partial charge in [0, 0.05) is 42.6 Å². The van der Waals surface area contributed by atoms with Gasteiger partial charge in [0.25, 0.3) is 0 Å². The zero-order valence-corrected chi connectivity index (χ0v) is 26.0.